The third kappa shape index (κ3) is 5.08. The first-order valence-electron chi connectivity index (χ1n) is 9.36. The summed E-state index contributed by atoms with van der Waals surface area (Å²) in [6.45, 7) is 12.0. The Morgan fingerprint density at radius 1 is 1.22 bits per heavy atom. The number of aryl methyl sites for hydroxylation is 1. The van der Waals surface area contributed by atoms with Crippen molar-refractivity contribution in [2.24, 2.45) is 0 Å². The second kappa shape index (κ2) is 8.69. The summed E-state index contributed by atoms with van der Waals surface area (Å²) in [6.07, 6.45) is 0. The topological polar surface area (TPSA) is 42.3 Å². The molecule has 1 N–H and O–H groups in total. The molecule has 1 aromatic carbocycles. The Hall–Kier alpha value is -1.47. The molecule has 1 aromatic heterocycles. The number of nitrogens with zero attached hydrogens (tertiary/aromatic N) is 3. The number of rotatable bonds is 7. The molecule has 27 heavy (non-hydrogen) atoms. The molecule has 3 rings (SSSR count). The highest BCUT2D eigenvalue weighted by atomic mass is 35.5. The summed E-state index contributed by atoms with van der Waals surface area (Å²) >= 11 is 6.57. The van der Waals surface area contributed by atoms with E-state index in [0.29, 0.717) is 18.2 Å². The highest BCUT2D eigenvalue weighted by molar-refractivity contribution is 6.30. The Balaban J connectivity index is 1.60. The zero-order chi connectivity index (χ0) is 19.4. The molecule has 148 valence electrons. The predicted octanol–water partition coefficient (Wildman–Crippen LogP) is 3.23. The van der Waals surface area contributed by atoms with E-state index >= 15 is 0 Å². The second-order valence-corrected chi connectivity index (χ2v) is 8.01. The quantitative estimate of drug-likeness (QED) is 0.782. The fourth-order valence-corrected chi connectivity index (χ4v) is 3.73. The van der Waals surface area contributed by atoms with Crippen LogP contribution in [0.3, 0.4) is 0 Å². The SMILES string of the molecule is Cc1nn(Cc2ccc(F)cc2)c(Cl)c1CNCC(C)(C)N1CCOCC1. The minimum absolute atomic E-state index is 0.0499. The lowest BCUT2D eigenvalue weighted by Crippen LogP contribution is -2.54. The van der Waals surface area contributed by atoms with E-state index in [1.165, 1.54) is 12.1 Å². The number of morpholine rings is 1. The maximum Gasteiger partial charge on any atom is 0.132 e. The van der Waals surface area contributed by atoms with Crippen molar-refractivity contribution in [3.8, 4) is 0 Å². The molecule has 0 bridgehead atoms. The lowest BCUT2D eigenvalue weighted by molar-refractivity contribution is -0.00967. The van der Waals surface area contributed by atoms with Crippen LogP contribution in [0.4, 0.5) is 4.39 Å². The number of benzene rings is 1. The fraction of sp³-hybridized carbons (Fsp3) is 0.550. The highest BCUT2D eigenvalue weighted by Crippen LogP contribution is 2.22. The van der Waals surface area contributed by atoms with E-state index in [1.807, 2.05) is 6.92 Å². The zero-order valence-corrected chi connectivity index (χ0v) is 17.0. The van der Waals surface area contributed by atoms with Gasteiger partial charge in [-0.05, 0) is 38.5 Å². The Kier molecular flexibility index (Phi) is 6.52. The van der Waals surface area contributed by atoms with Gasteiger partial charge in [-0.1, -0.05) is 23.7 Å². The summed E-state index contributed by atoms with van der Waals surface area (Å²) in [5.74, 6) is -0.241. The van der Waals surface area contributed by atoms with Crippen LogP contribution in [0.1, 0.15) is 30.7 Å². The summed E-state index contributed by atoms with van der Waals surface area (Å²) < 4.78 is 20.3. The van der Waals surface area contributed by atoms with Crippen LogP contribution in [0, 0.1) is 12.7 Å². The van der Waals surface area contributed by atoms with Crippen LogP contribution in [-0.4, -0.2) is 53.1 Å². The molecule has 0 unspecified atom stereocenters. The van der Waals surface area contributed by atoms with E-state index in [9.17, 15) is 4.39 Å². The average Bonchev–Trinajstić information content (AvgIpc) is 2.91. The van der Waals surface area contributed by atoms with Gasteiger partial charge in [0.1, 0.15) is 11.0 Å². The Morgan fingerprint density at radius 2 is 1.89 bits per heavy atom. The summed E-state index contributed by atoms with van der Waals surface area (Å²) in [6, 6.07) is 6.42. The van der Waals surface area contributed by atoms with E-state index in [4.69, 9.17) is 16.3 Å². The third-order valence-electron chi connectivity index (χ3n) is 5.16. The van der Waals surface area contributed by atoms with E-state index in [2.05, 4.69) is 29.2 Å². The Morgan fingerprint density at radius 3 is 2.56 bits per heavy atom. The van der Waals surface area contributed by atoms with Crippen LogP contribution in [0.5, 0.6) is 0 Å². The van der Waals surface area contributed by atoms with Crippen LogP contribution in [0.15, 0.2) is 24.3 Å². The number of hydrogen-bond acceptors (Lipinski definition) is 4. The van der Waals surface area contributed by atoms with Gasteiger partial charge in [-0.15, -0.1) is 0 Å². The molecule has 0 atom stereocenters. The molecular formula is C20H28ClFN4O. The lowest BCUT2D eigenvalue weighted by atomic mass is 10.0. The molecule has 2 heterocycles. The first kappa shape index (κ1) is 20.3. The first-order chi connectivity index (χ1) is 12.9. The lowest BCUT2D eigenvalue weighted by Gasteiger charge is -2.41. The highest BCUT2D eigenvalue weighted by Gasteiger charge is 2.28. The normalized spacial score (nSPS) is 16.0. The van der Waals surface area contributed by atoms with Crippen molar-refractivity contribution in [2.75, 3.05) is 32.8 Å². The van der Waals surface area contributed by atoms with Crippen LogP contribution >= 0.6 is 11.6 Å². The number of aromatic nitrogens is 2. The van der Waals surface area contributed by atoms with Gasteiger partial charge in [-0.3, -0.25) is 4.90 Å². The van der Waals surface area contributed by atoms with E-state index in [0.717, 1.165) is 49.7 Å². The van der Waals surface area contributed by atoms with Crippen molar-refractivity contribution in [3.63, 3.8) is 0 Å². The molecule has 5 nitrogen and oxygen atoms in total. The van der Waals surface area contributed by atoms with Crippen LogP contribution in [0.25, 0.3) is 0 Å². The minimum Gasteiger partial charge on any atom is -0.379 e. The van der Waals surface area contributed by atoms with Gasteiger partial charge >= 0.3 is 0 Å². The monoisotopic (exact) mass is 394 g/mol. The largest absolute Gasteiger partial charge is 0.379 e. The van der Waals surface area contributed by atoms with Gasteiger partial charge in [0.25, 0.3) is 0 Å². The maximum atomic E-state index is 13.1. The average molecular weight is 395 g/mol. The van der Waals surface area contributed by atoms with Crippen molar-refractivity contribution < 1.29 is 9.13 Å². The molecule has 0 radical (unpaired) electrons. The fourth-order valence-electron chi connectivity index (χ4n) is 3.43. The zero-order valence-electron chi connectivity index (χ0n) is 16.3. The smallest absolute Gasteiger partial charge is 0.132 e. The van der Waals surface area contributed by atoms with Gasteiger partial charge in [-0.2, -0.15) is 5.10 Å². The van der Waals surface area contributed by atoms with E-state index < -0.39 is 0 Å². The van der Waals surface area contributed by atoms with Crippen LogP contribution in [0.2, 0.25) is 5.15 Å². The Bertz CT molecular complexity index is 754. The Labute approximate surface area is 165 Å². The van der Waals surface area contributed by atoms with E-state index in [1.54, 1.807) is 16.8 Å². The minimum atomic E-state index is -0.241. The molecule has 0 aliphatic carbocycles. The number of hydrogen-bond donors (Lipinski definition) is 1. The van der Waals surface area contributed by atoms with Crippen LogP contribution < -0.4 is 5.32 Å². The summed E-state index contributed by atoms with van der Waals surface area (Å²) in [5, 5.41) is 8.73. The van der Waals surface area contributed by atoms with Gasteiger partial charge in [0.05, 0.1) is 25.5 Å². The number of ether oxygens (including phenoxy) is 1. The van der Waals surface area contributed by atoms with Crippen molar-refractivity contribution in [3.05, 3.63) is 52.1 Å². The van der Waals surface area contributed by atoms with Gasteiger partial charge in [0.2, 0.25) is 0 Å². The molecule has 1 fully saturated rings. The molecule has 2 aromatic rings. The summed E-state index contributed by atoms with van der Waals surface area (Å²) in [7, 11) is 0. The molecular weight excluding hydrogens is 367 g/mol. The van der Waals surface area contributed by atoms with Gasteiger partial charge in [-0.25, -0.2) is 9.07 Å². The van der Waals surface area contributed by atoms with Crippen molar-refractivity contribution in [1.82, 2.24) is 20.0 Å². The van der Waals surface area contributed by atoms with E-state index in [-0.39, 0.29) is 11.4 Å². The third-order valence-corrected chi connectivity index (χ3v) is 5.58. The van der Waals surface area contributed by atoms with Crippen molar-refractivity contribution >= 4 is 11.6 Å². The number of halogens is 2. The molecule has 0 amide bonds. The van der Waals surface area contributed by atoms with Gasteiger partial charge < -0.3 is 10.1 Å². The molecule has 0 spiro atoms. The second-order valence-electron chi connectivity index (χ2n) is 7.65. The number of nitrogens with one attached hydrogen (secondary N) is 1. The molecule has 1 aliphatic rings. The standard InChI is InChI=1S/C20H28ClFN4O/c1-15-18(12-23-14-20(2,3)25-8-10-27-11-9-25)19(21)26(24-15)13-16-4-6-17(22)7-5-16/h4-7,23H,8-14H2,1-3H3. The first-order valence-corrected chi connectivity index (χ1v) is 9.74. The maximum absolute atomic E-state index is 13.1. The molecule has 1 saturated heterocycles. The molecule has 0 saturated carbocycles. The molecule has 1 aliphatic heterocycles. The predicted molar refractivity (Wildman–Crippen MR) is 106 cm³/mol. The summed E-state index contributed by atoms with van der Waals surface area (Å²) in [4.78, 5) is 2.45. The van der Waals surface area contributed by atoms with Crippen LogP contribution in [-0.2, 0) is 17.8 Å². The summed E-state index contributed by atoms with van der Waals surface area (Å²) in [5.41, 5.74) is 2.94. The van der Waals surface area contributed by atoms with Crippen molar-refractivity contribution in [2.45, 2.75) is 39.4 Å². The molecule has 7 heteroatoms. The van der Waals surface area contributed by atoms with Gasteiger partial charge in [0, 0.05) is 37.3 Å². The van der Waals surface area contributed by atoms with Crippen molar-refractivity contribution in [1.29, 1.82) is 0 Å². The van der Waals surface area contributed by atoms with Gasteiger partial charge in [0.15, 0.2) is 0 Å².